The smallest absolute Gasteiger partial charge is 0.542 e. The zero-order valence-corrected chi connectivity index (χ0v) is 7.01. The molecular formula is C6H11LiO4. The van der Waals surface area contributed by atoms with Gasteiger partial charge in [-0.3, -0.25) is 4.79 Å². The van der Waals surface area contributed by atoms with Gasteiger partial charge in [0.15, 0.2) is 5.78 Å². The minimum Gasteiger partial charge on any atom is -0.542 e. The van der Waals surface area contributed by atoms with E-state index in [2.05, 4.69) is 0 Å². The Labute approximate surface area is 77.5 Å². The molecule has 0 aromatic heterocycles. The number of hydrogen-bond acceptors (Lipinski definition) is 3. The second-order valence-corrected chi connectivity index (χ2v) is 1.96. The van der Waals surface area contributed by atoms with Gasteiger partial charge in [-0.25, -0.2) is 0 Å². The third-order valence-electron chi connectivity index (χ3n) is 1.26. The topological polar surface area (TPSA) is 88.7 Å². The van der Waals surface area contributed by atoms with Crippen LogP contribution in [0.5, 0.6) is 0 Å². The van der Waals surface area contributed by atoms with Gasteiger partial charge in [0.25, 0.3) is 0 Å². The zero-order valence-electron chi connectivity index (χ0n) is 7.01. The minimum atomic E-state index is -1.58. The first-order chi connectivity index (χ1) is 4.09. The molecule has 0 aliphatic carbocycles. The van der Waals surface area contributed by atoms with Gasteiger partial charge in [0.1, 0.15) is 5.97 Å². The van der Waals surface area contributed by atoms with Crippen molar-refractivity contribution in [3.8, 4) is 0 Å². The second-order valence-electron chi connectivity index (χ2n) is 1.96. The average Bonchev–Trinajstić information content (AvgIpc) is 1.84. The Balaban J connectivity index is -0.000000320. The fraction of sp³-hybridized carbons (Fsp3) is 0.667. The number of carboxylic acid groups (broad SMARTS) is 1. The van der Waals surface area contributed by atoms with Crippen LogP contribution < -0.4 is 24.0 Å². The minimum absolute atomic E-state index is 0. The molecule has 0 aliphatic heterocycles. The molecule has 0 aromatic carbocycles. The summed E-state index contributed by atoms with van der Waals surface area (Å²) >= 11 is 0. The predicted octanol–water partition coefficient (Wildman–Crippen LogP) is -4.47. The summed E-state index contributed by atoms with van der Waals surface area (Å²) in [7, 11) is 0. The van der Waals surface area contributed by atoms with Crippen molar-refractivity contribution in [2.24, 2.45) is 5.92 Å². The Morgan fingerprint density at radius 3 is 1.91 bits per heavy atom. The van der Waals surface area contributed by atoms with Crippen molar-refractivity contribution in [1.29, 1.82) is 0 Å². The number of rotatable bonds is 3. The molecule has 0 aliphatic rings. The Morgan fingerprint density at radius 1 is 1.45 bits per heavy atom. The van der Waals surface area contributed by atoms with E-state index in [1.165, 1.54) is 0 Å². The predicted molar refractivity (Wildman–Crippen MR) is 33.1 cm³/mol. The molecule has 0 radical (unpaired) electrons. The quantitative estimate of drug-likeness (QED) is 0.303. The summed E-state index contributed by atoms with van der Waals surface area (Å²) in [6, 6.07) is 0. The van der Waals surface area contributed by atoms with Gasteiger partial charge in [0.2, 0.25) is 0 Å². The first kappa shape index (κ1) is 17.0. The van der Waals surface area contributed by atoms with E-state index < -0.39 is 17.7 Å². The molecule has 0 bridgehead atoms. The molecule has 11 heavy (non-hydrogen) atoms. The number of Topliss-reactive ketones (excluding diaryl/α,β-unsaturated/α-hetero) is 1. The molecule has 5 heteroatoms. The summed E-state index contributed by atoms with van der Waals surface area (Å²) in [5.74, 6) is -2.79. The van der Waals surface area contributed by atoms with Crippen LogP contribution >= 0.6 is 0 Å². The Hall–Kier alpha value is -0.303. The van der Waals surface area contributed by atoms with Crippen LogP contribution in [0.2, 0.25) is 0 Å². The van der Waals surface area contributed by atoms with E-state index in [-0.39, 0.29) is 24.3 Å². The monoisotopic (exact) mass is 154 g/mol. The molecule has 4 nitrogen and oxygen atoms in total. The molecule has 2 N–H and O–H groups in total. The van der Waals surface area contributed by atoms with Crippen LogP contribution in [0.25, 0.3) is 0 Å². The first-order valence-electron chi connectivity index (χ1n) is 2.84. The van der Waals surface area contributed by atoms with Gasteiger partial charge in [-0.15, -0.1) is 0 Å². The number of carboxylic acids is 1. The number of aliphatic carboxylic acids is 1. The average molecular weight is 154 g/mol. The zero-order chi connectivity index (χ0) is 7.44. The van der Waals surface area contributed by atoms with Crippen LogP contribution in [-0.4, -0.2) is 17.2 Å². The van der Waals surface area contributed by atoms with Gasteiger partial charge in [-0.1, -0.05) is 13.8 Å². The molecule has 60 valence electrons. The van der Waals surface area contributed by atoms with E-state index in [4.69, 9.17) is 0 Å². The van der Waals surface area contributed by atoms with Crippen LogP contribution in [0.1, 0.15) is 20.3 Å². The third-order valence-corrected chi connectivity index (χ3v) is 1.26. The van der Waals surface area contributed by atoms with Crippen molar-refractivity contribution in [3.05, 3.63) is 0 Å². The van der Waals surface area contributed by atoms with Crippen LogP contribution in [0.3, 0.4) is 0 Å². The van der Waals surface area contributed by atoms with E-state index in [0.29, 0.717) is 6.42 Å². The number of ketones is 1. The summed E-state index contributed by atoms with van der Waals surface area (Å²) in [5.41, 5.74) is 0. The first-order valence-corrected chi connectivity index (χ1v) is 2.84. The van der Waals surface area contributed by atoms with Crippen molar-refractivity contribution in [2.45, 2.75) is 20.3 Å². The number of carbonyl (C=O) groups excluding carboxylic acids is 2. The van der Waals surface area contributed by atoms with E-state index >= 15 is 0 Å². The summed E-state index contributed by atoms with van der Waals surface area (Å²) in [4.78, 5) is 20.3. The second kappa shape index (κ2) is 7.80. The standard InChI is InChI=1S/C6H10O3.Li.H2O/c1-3-4(2)5(7)6(8)9;;/h4H,3H2,1-2H3,(H,8,9);;1H2/q;+1;/p-1/t4-;;/m0../s1. The largest absolute Gasteiger partial charge is 1.00 e. The normalized spacial score (nSPS) is 10.4. The van der Waals surface area contributed by atoms with Crippen molar-refractivity contribution >= 4 is 11.8 Å². The molecule has 0 heterocycles. The van der Waals surface area contributed by atoms with E-state index in [9.17, 15) is 14.7 Å². The van der Waals surface area contributed by atoms with Gasteiger partial charge in [0.05, 0.1) is 0 Å². The molecule has 0 amide bonds. The Kier molecular flexibility index (Phi) is 12.0. The molecule has 0 fully saturated rings. The molecule has 0 aromatic rings. The summed E-state index contributed by atoms with van der Waals surface area (Å²) in [5, 5.41) is 9.84. The molecule has 0 rings (SSSR count). The van der Waals surface area contributed by atoms with Crippen LogP contribution in [-0.2, 0) is 9.59 Å². The van der Waals surface area contributed by atoms with Crippen LogP contribution in [0, 0.1) is 5.92 Å². The Bertz CT molecular complexity index is 135. The summed E-state index contributed by atoms with van der Waals surface area (Å²) in [6.07, 6.45) is 0.548. The van der Waals surface area contributed by atoms with Crippen molar-refractivity contribution in [3.63, 3.8) is 0 Å². The molecule has 0 saturated heterocycles. The Morgan fingerprint density at radius 2 is 1.82 bits per heavy atom. The maximum Gasteiger partial charge on any atom is 1.00 e. The van der Waals surface area contributed by atoms with Gasteiger partial charge in [-0.2, -0.15) is 0 Å². The van der Waals surface area contributed by atoms with Crippen molar-refractivity contribution in [2.75, 3.05) is 0 Å². The number of carbonyl (C=O) groups is 2. The van der Waals surface area contributed by atoms with Gasteiger partial charge in [0, 0.05) is 5.92 Å². The maximum atomic E-state index is 10.4. The molecule has 0 unspecified atom stereocenters. The molecule has 1 atom stereocenters. The van der Waals surface area contributed by atoms with E-state index in [0.717, 1.165) is 0 Å². The van der Waals surface area contributed by atoms with Crippen molar-refractivity contribution < 1.29 is 39.0 Å². The molecule has 0 spiro atoms. The fourth-order valence-corrected chi connectivity index (χ4v) is 0.387. The van der Waals surface area contributed by atoms with E-state index in [1.54, 1.807) is 13.8 Å². The molecule has 0 saturated carbocycles. The fourth-order valence-electron chi connectivity index (χ4n) is 0.387. The van der Waals surface area contributed by atoms with E-state index in [1.807, 2.05) is 0 Å². The maximum absolute atomic E-state index is 10.4. The number of hydrogen-bond donors (Lipinski definition) is 0. The third kappa shape index (κ3) is 6.11. The van der Waals surface area contributed by atoms with Crippen LogP contribution in [0.4, 0.5) is 0 Å². The SMILES string of the molecule is CC[C@H](C)C(=O)C(=O)[O-].O.[Li+]. The van der Waals surface area contributed by atoms with Gasteiger partial charge >= 0.3 is 18.9 Å². The molecular weight excluding hydrogens is 143 g/mol. The van der Waals surface area contributed by atoms with Crippen molar-refractivity contribution in [1.82, 2.24) is 0 Å². The van der Waals surface area contributed by atoms with Crippen LogP contribution in [0.15, 0.2) is 0 Å². The summed E-state index contributed by atoms with van der Waals surface area (Å²) in [6.45, 7) is 3.32. The van der Waals surface area contributed by atoms with Gasteiger partial charge < -0.3 is 15.4 Å². The summed E-state index contributed by atoms with van der Waals surface area (Å²) < 4.78 is 0. The van der Waals surface area contributed by atoms with Gasteiger partial charge in [-0.05, 0) is 6.42 Å².